The summed E-state index contributed by atoms with van der Waals surface area (Å²) in [4.78, 5) is 18.3. The summed E-state index contributed by atoms with van der Waals surface area (Å²) in [6, 6.07) is 13.2. The summed E-state index contributed by atoms with van der Waals surface area (Å²) in [7, 11) is 3.33. The van der Waals surface area contributed by atoms with Gasteiger partial charge in [0.2, 0.25) is 0 Å². The van der Waals surface area contributed by atoms with Crippen LogP contribution >= 0.6 is 0 Å². The third-order valence-electron chi connectivity index (χ3n) is 4.61. The summed E-state index contributed by atoms with van der Waals surface area (Å²) in [5.74, 6) is 2.70. The molecule has 2 N–H and O–H groups in total. The highest BCUT2D eigenvalue weighted by Gasteiger charge is 2.24. The number of anilines is 2. The van der Waals surface area contributed by atoms with Crippen LogP contribution in [-0.4, -0.2) is 52.3 Å². The highest BCUT2D eigenvalue weighted by Crippen LogP contribution is 2.31. The first-order valence-corrected chi connectivity index (χ1v) is 9.97. The predicted octanol–water partition coefficient (Wildman–Crippen LogP) is 2.90. The van der Waals surface area contributed by atoms with Crippen LogP contribution < -0.4 is 29.7 Å². The van der Waals surface area contributed by atoms with Gasteiger partial charge in [0, 0.05) is 31.9 Å². The number of rotatable bonds is 8. The van der Waals surface area contributed by atoms with Crippen LogP contribution in [0.3, 0.4) is 0 Å². The van der Waals surface area contributed by atoms with Crippen molar-refractivity contribution < 1.29 is 19.0 Å². The average molecular weight is 412 g/mol. The van der Waals surface area contributed by atoms with E-state index in [0.29, 0.717) is 37.2 Å². The number of ether oxygens (including phenoxy) is 3. The third kappa shape index (κ3) is 5.14. The minimum atomic E-state index is -0.0297. The molecular formula is C22H28N4O4. The number of amides is 1. The molecule has 0 saturated heterocycles. The van der Waals surface area contributed by atoms with Crippen molar-refractivity contribution in [3.8, 4) is 17.2 Å². The molecule has 8 nitrogen and oxygen atoms in total. The molecule has 0 bridgehead atoms. The van der Waals surface area contributed by atoms with Crippen molar-refractivity contribution in [2.45, 2.75) is 13.3 Å². The van der Waals surface area contributed by atoms with Crippen LogP contribution in [0.5, 0.6) is 17.2 Å². The van der Waals surface area contributed by atoms with Gasteiger partial charge in [-0.25, -0.2) is 0 Å². The fraction of sp³-hybridized carbons (Fsp3) is 0.364. The quantitative estimate of drug-likeness (QED) is 0.394. The number of nitrogens with one attached hydrogen (secondary N) is 2. The first kappa shape index (κ1) is 21.3. The van der Waals surface area contributed by atoms with Crippen LogP contribution in [0, 0.1) is 0 Å². The lowest BCUT2D eigenvalue weighted by Crippen LogP contribution is -2.41. The standard InChI is InChI=1S/C22H28N4O4/c1-4-29-20-14-16(10-11-19(20)28-3)25-22(23-2)24-12-7-13-26-17-8-5-6-9-18(17)30-15-21(26)27/h5-6,8-11,14H,4,7,12-13,15H2,1-3H3,(H2,23,24,25). The Morgan fingerprint density at radius 2 is 2.07 bits per heavy atom. The van der Waals surface area contributed by atoms with Crippen LogP contribution in [0.4, 0.5) is 11.4 Å². The van der Waals surface area contributed by atoms with E-state index in [4.69, 9.17) is 14.2 Å². The van der Waals surface area contributed by atoms with Gasteiger partial charge in [-0.05, 0) is 37.6 Å². The Morgan fingerprint density at radius 1 is 1.23 bits per heavy atom. The van der Waals surface area contributed by atoms with E-state index in [1.54, 1.807) is 19.1 Å². The fourth-order valence-electron chi connectivity index (χ4n) is 3.18. The molecule has 1 aliphatic heterocycles. The van der Waals surface area contributed by atoms with Crippen molar-refractivity contribution in [1.29, 1.82) is 0 Å². The van der Waals surface area contributed by atoms with E-state index in [1.807, 2.05) is 49.4 Å². The minimum Gasteiger partial charge on any atom is -0.493 e. The minimum absolute atomic E-state index is 0.0297. The molecule has 1 aliphatic rings. The number of methoxy groups -OCH3 is 1. The Bertz CT molecular complexity index is 900. The van der Waals surface area contributed by atoms with Gasteiger partial charge in [-0.3, -0.25) is 9.79 Å². The topological polar surface area (TPSA) is 84.4 Å². The first-order valence-electron chi connectivity index (χ1n) is 9.97. The molecule has 3 rings (SSSR count). The van der Waals surface area contributed by atoms with Gasteiger partial charge in [0.15, 0.2) is 24.1 Å². The predicted molar refractivity (Wildman–Crippen MR) is 118 cm³/mol. The smallest absolute Gasteiger partial charge is 0.265 e. The molecule has 0 radical (unpaired) electrons. The summed E-state index contributed by atoms with van der Waals surface area (Å²) < 4.78 is 16.4. The monoisotopic (exact) mass is 412 g/mol. The molecule has 2 aromatic rings. The van der Waals surface area contributed by atoms with E-state index in [2.05, 4.69) is 15.6 Å². The molecule has 0 aromatic heterocycles. The second-order valence-electron chi connectivity index (χ2n) is 6.58. The number of fused-ring (bicyclic) bond motifs is 1. The molecule has 2 aromatic carbocycles. The molecule has 0 spiro atoms. The molecule has 30 heavy (non-hydrogen) atoms. The highest BCUT2D eigenvalue weighted by atomic mass is 16.5. The van der Waals surface area contributed by atoms with Crippen LogP contribution in [-0.2, 0) is 4.79 Å². The van der Waals surface area contributed by atoms with E-state index in [9.17, 15) is 4.79 Å². The normalized spacial score (nSPS) is 13.4. The maximum absolute atomic E-state index is 12.2. The Balaban J connectivity index is 1.53. The first-order chi connectivity index (χ1) is 14.7. The molecule has 0 atom stereocenters. The van der Waals surface area contributed by atoms with Gasteiger partial charge >= 0.3 is 0 Å². The van der Waals surface area contributed by atoms with Crippen LogP contribution in [0.15, 0.2) is 47.5 Å². The van der Waals surface area contributed by atoms with E-state index in [-0.39, 0.29) is 12.5 Å². The molecule has 8 heteroatoms. The lowest BCUT2D eigenvalue weighted by atomic mass is 10.2. The Morgan fingerprint density at radius 3 is 2.83 bits per heavy atom. The summed E-state index contributed by atoms with van der Waals surface area (Å²) in [5.41, 5.74) is 1.66. The zero-order chi connectivity index (χ0) is 21.3. The number of para-hydroxylation sites is 2. The number of hydrogen-bond donors (Lipinski definition) is 2. The van der Waals surface area contributed by atoms with Crippen molar-refractivity contribution in [2.24, 2.45) is 4.99 Å². The number of guanidine groups is 1. The summed E-state index contributed by atoms with van der Waals surface area (Å²) in [6.45, 7) is 3.81. The number of carbonyl (C=O) groups excluding carboxylic acids is 1. The number of benzene rings is 2. The SMILES string of the molecule is CCOc1cc(NC(=NC)NCCCN2C(=O)COc3ccccc32)ccc1OC. The Kier molecular flexibility index (Phi) is 7.37. The van der Waals surface area contributed by atoms with Crippen molar-refractivity contribution in [2.75, 3.05) is 50.7 Å². The van der Waals surface area contributed by atoms with Crippen LogP contribution in [0.2, 0.25) is 0 Å². The van der Waals surface area contributed by atoms with Gasteiger partial charge in [0.25, 0.3) is 5.91 Å². The zero-order valence-electron chi connectivity index (χ0n) is 17.6. The maximum atomic E-state index is 12.2. The lowest BCUT2D eigenvalue weighted by molar-refractivity contribution is -0.121. The second kappa shape index (κ2) is 10.4. The van der Waals surface area contributed by atoms with Crippen molar-refractivity contribution >= 4 is 23.2 Å². The zero-order valence-corrected chi connectivity index (χ0v) is 17.6. The van der Waals surface area contributed by atoms with Crippen LogP contribution in [0.1, 0.15) is 13.3 Å². The largest absolute Gasteiger partial charge is 0.493 e. The molecule has 0 saturated carbocycles. The third-order valence-corrected chi connectivity index (χ3v) is 4.61. The van der Waals surface area contributed by atoms with Gasteiger partial charge in [0.05, 0.1) is 19.4 Å². The fourth-order valence-corrected chi connectivity index (χ4v) is 3.18. The van der Waals surface area contributed by atoms with Crippen molar-refractivity contribution in [1.82, 2.24) is 5.32 Å². The van der Waals surface area contributed by atoms with E-state index in [0.717, 1.165) is 23.5 Å². The van der Waals surface area contributed by atoms with Crippen molar-refractivity contribution in [3.05, 3.63) is 42.5 Å². The summed E-state index contributed by atoms with van der Waals surface area (Å²) in [5, 5.41) is 6.52. The van der Waals surface area contributed by atoms with Crippen molar-refractivity contribution in [3.63, 3.8) is 0 Å². The van der Waals surface area contributed by atoms with E-state index >= 15 is 0 Å². The number of aliphatic imine (C=N–C) groups is 1. The number of carbonyl (C=O) groups is 1. The molecule has 1 amide bonds. The number of hydrogen-bond acceptors (Lipinski definition) is 5. The Labute approximate surface area is 176 Å². The lowest BCUT2D eigenvalue weighted by Gasteiger charge is -2.29. The Hall–Kier alpha value is -3.42. The van der Waals surface area contributed by atoms with E-state index in [1.165, 1.54) is 0 Å². The van der Waals surface area contributed by atoms with Crippen LogP contribution in [0.25, 0.3) is 0 Å². The second-order valence-corrected chi connectivity index (χ2v) is 6.58. The molecule has 1 heterocycles. The van der Waals surface area contributed by atoms with E-state index < -0.39 is 0 Å². The molecule has 160 valence electrons. The highest BCUT2D eigenvalue weighted by molar-refractivity contribution is 5.97. The maximum Gasteiger partial charge on any atom is 0.265 e. The summed E-state index contributed by atoms with van der Waals surface area (Å²) in [6.07, 6.45) is 0.758. The molecular weight excluding hydrogens is 384 g/mol. The molecule has 0 fully saturated rings. The molecule has 0 aliphatic carbocycles. The van der Waals surface area contributed by atoms with Gasteiger partial charge in [-0.1, -0.05) is 12.1 Å². The average Bonchev–Trinajstić information content (AvgIpc) is 2.77. The van der Waals surface area contributed by atoms with Gasteiger partial charge in [0.1, 0.15) is 5.75 Å². The van der Waals surface area contributed by atoms with Gasteiger partial charge in [-0.15, -0.1) is 0 Å². The molecule has 0 unspecified atom stereocenters. The summed E-state index contributed by atoms with van der Waals surface area (Å²) >= 11 is 0. The number of nitrogens with zero attached hydrogens (tertiary/aromatic N) is 2. The van der Waals surface area contributed by atoms with Gasteiger partial charge < -0.3 is 29.7 Å². The van der Waals surface area contributed by atoms with Gasteiger partial charge in [-0.2, -0.15) is 0 Å².